The molecule has 0 aliphatic carbocycles. The molecule has 0 saturated carbocycles. The van der Waals surface area contributed by atoms with Gasteiger partial charge in [0.25, 0.3) is 11.8 Å². The van der Waals surface area contributed by atoms with E-state index in [0.29, 0.717) is 24.4 Å². The van der Waals surface area contributed by atoms with Gasteiger partial charge in [0, 0.05) is 38.4 Å². The Hall–Kier alpha value is -3.02. The van der Waals surface area contributed by atoms with Crippen molar-refractivity contribution in [2.24, 2.45) is 0 Å². The van der Waals surface area contributed by atoms with Gasteiger partial charge in [-0.15, -0.1) is 0 Å². The Morgan fingerprint density at radius 2 is 1.63 bits per heavy atom. The molecule has 0 aliphatic heterocycles. The quantitative estimate of drug-likeness (QED) is 0.701. The van der Waals surface area contributed by atoms with Crippen LogP contribution in [0.5, 0.6) is 5.75 Å². The molecule has 0 spiro atoms. The molecule has 0 aliphatic rings. The molecular weight excluding hydrogens is 342 g/mol. The van der Waals surface area contributed by atoms with Gasteiger partial charge < -0.3 is 20.3 Å². The molecular formula is C21H27N3O3. The average molecular weight is 369 g/mol. The van der Waals surface area contributed by atoms with Crippen LogP contribution in [0, 0.1) is 13.8 Å². The number of carbonyl (C=O) groups is 2. The summed E-state index contributed by atoms with van der Waals surface area (Å²) in [6.45, 7) is 4.60. The van der Waals surface area contributed by atoms with E-state index in [2.05, 4.69) is 10.6 Å². The summed E-state index contributed by atoms with van der Waals surface area (Å²) in [7, 11) is 3.89. The van der Waals surface area contributed by atoms with Crippen molar-refractivity contribution >= 4 is 17.5 Å². The van der Waals surface area contributed by atoms with Gasteiger partial charge in [0.2, 0.25) is 0 Å². The predicted molar refractivity (Wildman–Crippen MR) is 108 cm³/mol. The second-order valence-electron chi connectivity index (χ2n) is 6.53. The summed E-state index contributed by atoms with van der Waals surface area (Å²) >= 11 is 0. The Morgan fingerprint density at radius 3 is 2.30 bits per heavy atom. The van der Waals surface area contributed by atoms with Gasteiger partial charge in [-0.2, -0.15) is 0 Å². The summed E-state index contributed by atoms with van der Waals surface area (Å²) in [5.41, 5.74) is 3.76. The van der Waals surface area contributed by atoms with Crippen molar-refractivity contribution in [3.05, 3.63) is 59.2 Å². The van der Waals surface area contributed by atoms with Crippen LogP contribution in [-0.2, 0) is 4.79 Å². The normalized spacial score (nSPS) is 10.2. The molecule has 2 amide bonds. The molecule has 6 nitrogen and oxygen atoms in total. The van der Waals surface area contributed by atoms with Crippen LogP contribution in [0.3, 0.4) is 0 Å². The minimum absolute atomic E-state index is 0.0514. The van der Waals surface area contributed by atoms with Crippen LogP contribution in [-0.4, -0.2) is 45.6 Å². The van der Waals surface area contributed by atoms with Gasteiger partial charge in [-0.05, 0) is 55.3 Å². The lowest BCUT2D eigenvalue weighted by molar-refractivity contribution is -0.123. The van der Waals surface area contributed by atoms with Gasteiger partial charge in [-0.3, -0.25) is 9.59 Å². The smallest absolute Gasteiger partial charge is 0.258 e. The van der Waals surface area contributed by atoms with Crippen LogP contribution in [0.1, 0.15) is 21.5 Å². The summed E-state index contributed by atoms with van der Waals surface area (Å²) in [6.07, 6.45) is 0. The SMILES string of the molecule is Cc1cccc(OCC(=O)NCCNC(=O)c2ccc(N(C)C)cc2)c1C. The average Bonchev–Trinajstić information content (AvgIpc) is 2.66. The molecule has 2 rings (SSSR count). The maximum Gasteiger partial charge on any atom is 0.258 e. The van der Waals surface area contributed by atoms with E-state index in [9.17, 15) is 9.59 Å². The number of aryl methyl sites for hydroxylation is 1. The number of amides is 2. The molecule has 2 aromatic carbocycles. The highest BCUT2D eigenvalue weighted by atomic mass is 16.5. The van der Waals surface area contributed by atoms with Gasteiger partial charge in [-0.25, -0.2) is 0 Å². The van der Waals surface area contributed by atoms with E-state index in [4.69, 9.17) is 4.74 Å². The molecule has 0 aromatic heterocycles. The molecule has 0 saturated heterocycles. The van der Waals surface area contributed by atoms with Crippen molar-refractivity contribution in [2.45, 2.75) is 13.8 Å². The van der Waals surface area contributed by atoms with Crippen LogP contribution in [0.15, 0.2) is 42.5 Å². The fourth-order valence-electron chi connectivity index (χ4n) is 2.47. The Morgan fingerprint density at radius 1 is 0.963 bits per heavy atom. The first-order valence-corrected chi connectivity index (χ1v) is 8.90. The zero-order valence-corrected chi connectivity index (χ0v) is 16.3. The molecule has 27 heavy (non-hydrogen) atoms. The summed E-state index contributed by atoms with van der Waals surface area (Å²) in [5.74, 6) is 0.321. The highest BCUT2D eigenvalue weighted by molar-refractivity contribution is 5.94. The molecule has 0 atom stereocenters. The van der Waals surface area contributed by atoms with Crippen LogP contribution in [0.2, 0.25) is 0 Å². The number of nitrogens with one attached hydrogen (secondary N) is 2. The molecule has 0 fully saturated rings. The lowest BCUT2D eigenvalue weighted by Gasteiger charge is -2.13. The number of rotatable bonds is 8. The second-order valence-corrected chi connectivity index (χ2v) is 6.53. The topological polar surface area (TPSA) is 70.7 Å². The Bertz CT molecular complexity index is 786. The van der Waals surface area contributed by atoms with Crippen LogP contribution < -0.4 is 20.3 Å². The first-order valence-electron chi connectivity index (χ1n) is 8.90. The van der Waals surface area contributed by atoms with E-state index < -0.39 is 0 Å². The van der Waals surface area contributed by atoms with E-state index in [1.807, 2.05) is 63.2 Å². The van der Waals surface area contributed by atoms with Gasteiger partial charge in [0.1, 0.15) is 5.75 Å². The first kappa shape index (κ1) is 20.3. The van der Waals surface area contributed by atoms with Gasteiger partial charge >= 0.3 is 0 Å². The summed E-state index contributed by atoms with van der Waals surface area (Å²) in [4.78, 5) is 25.9. The Balaban J connectivity index is 1.69. The number of nitrogens with zero attached hydrogens (tertiary/aromatic N) is 1. The molecule has 6 heteroatoms. The fourth-order valence-corrected chi connectivity index (χ4v) is 2.47. The predicted octanol–water partition coefficient (Wildman–Crippen LogP) is 2.29. The minimum atomic E-state index is -0.222. The summed E-state index contributed by atoms with van der Waals surface area (Å²) in [6, 6.07) is 13.1. The molecule has 144 valence electrons. The monoisotopic (exact) mass is 369 g/mol. The van der Waals surface area contributed by atoms with E-state index in [1.54, 1.807) is 12.1 Å². The maximum atomic E-state index is 12.1. The van der Waals surface area contributed by atoms with Crippen molar-refractivity contribution < 1.29 is 14.3 Å². The van der Waals surface area contributed by atoms with Crippen molar-refractivity contribution in [1.82, 2.24) is 10.6 Å². The van der Waals surface area contributed by atoms with E-state index >= 15 is 0 Å². The largest absolute Gasteiger partial charge is 0.483 e. The summed E-state index contributed by atoms with van der Waals surface area (Å²) in [5, 5.41) is 5.52. The van der Waals surface area contributed by atoms with Crippen molar-refractivity contribution in [1.29, 1.82) is 0 Å². The summed E-state index contributed by atoms with van der Waals surface area (Å²) < 4.78 is 5.55. The Kier molecular flexibility index (Phi) is 7.23. The third-order valence-corrected chi connectivity index (χ3v) is 4.29. The number of ether oxygens (including phenoxy) is 1. The van der Waals surface area contributed by atoms with Crippen LogP contribution in [0.25, 0.3) is 0 Å². The lowest BCUT2D eigenvalue weighted by atomic mass is 10.1. The number of anilines is 1. The molecule has 0 bridgehead atoms. The Labute approximate surface area is 160 Å². The molecule has 2 N–H and O–H groups in total. The highest BCUT2D eigenvalue weighted by Gasteiger charge is 2.07. The van der Waals surface area contributed by atoms with Gasteiger partial charge in [0.15, 0.2) is 6.61 Å². The molecule has 0 heterocycles. The van der Waals surface area contributed by atoms with E-state index in [1.165, 1.54) is 0 Å². The van der Waals surface area contributed by atoms with Crippen molar-refractivity contribution in [3.63, 3.8) is 0 Å². The molecule has 0 unspecified atom stereocenters. The number of carbonyl (C=O) groups excluding carboxylic acids is 2. The third kappa shape index (κ3) is 6.02. The first-order chi connectivity index (χ1) is 12.9. The number of benzene rings is 2. The zero-order valence-electron chi connectivity index (χ0n) is 16.3. The van der Waals surface area contributed by atoms with Gasteiger partial charge in [0.05, 0.1) is 0 Å². The number of hydrogen-bond acceptors (Lipinski definition) is 4. The van der Waals surface area contributed by atoms with Gasteiger partial charge in [-0.1, -0.05) is 12.1 Å². The minimum Gasteiger partial charge on any atom is -0.483 e. The fraction of sp³-hybridized carbons (Fsp3) is 0.333. The standard InChI is InChI=1S/C21H27N3O3/c1-15-6-5-7-19(16(15)2)27-14-20(25)22-12-13-23-21(26)17-8-10-18(11-9-17)24(3)4/h5-11H,12-14H2,1-4H3,(H,22,25)(H,23,26). The lowest BCUT2D eigenvalue weighted by Crippen LogP contribution is -2.36. The van der Waals surface area contributed by atoms with Crippen LogP contribution in [0.4, 0.5) is 5.69 Å². The second kappa shape index (κ2) is 9.62. The number of hydrogen-bond donors (Lipinski definition) is 2. The highest BCUT2D eigenvalue weighted by Crippen LogP contribution is 2.20. The van der Waals surface area contributed by atoms with E-state index in [-0.39, 0.29) is 18.4 Å². The van der Waals surface area contributed by atoms with E-state index in [0.717, 1.165) is 16.8 Å². The third-order valence-electron chi connectivity index (χ3n) is 4.29. The van der Waals surface area contributed by atoms with Crippen LogP contribution >= 0.6 is 0 Å². The zero-order chi connectivity index (χ0) is 19.8. The molecule has 2 aromatic rings. The van der Waals surface area contributed by atoms with Crippen molar-refractivity contribution in [3.8, 4) is 5.75 Å². The molecule has 0 radical (unpaired) electrons. The maximum absolute atomic E-state index is 12.1. The van der Waals surface area contributed by atoms with Crippen molar-refractivity contribution in [2.75, 3.05) is 38.7 Å².